The summed E-state index contributed by atoms with van der Waals surface area (Å²) in [5, 5.41) is 12.2. The second-order valence-corrected chi connectivity index (χ2v) is 6.99. The normalized spacial score (nSPS) is 20.5. The van der Waals surface area contributed by atoms with Crippen LogP contribution in [0.1, 0.15) is 18.4 Å². The summed E-state index contributed by atoms with van der Waals surface area (Å²) in [4.78, 5) is 40.9. The highest BCUT2D eigenvalue weighted by atomic mass is 35.5. The van der Waals surface area contributed by atoms with E-state index < -0.39 is 6.04 Å². The van der Waals surface area contributed by atoms with Crippen molar-refractivity contribution >= 4 is 35.1 Å². The number of likely N-dealkylation sites (N-methyl/N-ethyl adjacent to an activating group) is 1. The lowest BCUT2D eigenvalue weighted by Crippen LogP contribution is -2.58. The molecule has 1 atom stereocenters. The third-order valence-electron chi connectivity index (χ3n) is 4.93. The fraction of sp³-hybridized carbons (Fsp3) is 0.444. The van der Waals surface area contributed by atoms with Crippen LogP contribution in [0.3, 0.4) is 0 Å². The van der Waals surface area contributed by atoms with Gasteiger partial charge in [-0.1, -0.05) is 11.6 Å². The molecule has 9 heteroatoms. The number of hydrogen-bond acceptors (Lipinski definition) is 5. The first-order chi connectivity index (χ1) is 12.9. The molecule has 2 aliphatic heterocycles. The number of nitrogens with zero attached hydrogens (tertiary/aromatic N) is 4. The Bertz CT molecular complexity index is 814. The van der Waals surface area contributed by atoms with Crippen molar-refractivity contribution in [3.8, 4) is 6.07 Å². The minimum absolute atomic E-state index is 0.224. The summed E-state index contributed by atoms with van der Waals surface area (Å²) in [5.74, 6) is -0.596. The Kier molecular flexibility index (Phi) is 5.51. The van der Waals surface area contributed by atoms with Gasteiger partial charge in [0.05, 0.1) is 22.3 Å². The summed E-state index contributed by atoms with van der Waals surface area (Å²) < 4.78 is 0. The maximum absolute atomic E-state index is 12.5. The number of hydrogen-bond donors (Lipinski definition) is 1. The van der Waals surface area contributed by atoms with E-state index in [1.165, 1.54) is 7.05 Å². The molecule has 1 aromatic carbocycles. The number of urea groups is 1. The fourth-order valence-electron chi connectivity index (χ4n) is 3.27. The van der Waals surface area contributed by atoms with Crippen molar-refractivity contribution in [3.05, 3.63) is 28.8 Å². The summed E-state index contributed by atoms with van der Waals surface area (Å²) in [7, 11) is 1.43. The molecule has 142 valence electrons. The molecule has 0 aliphatic carbocycles. The molecule has 0 bridgehead atoms. The molecule has 0 aromatic heterocycles. The molecule has 2 heterocycles. The first kappa shape index (κ1) is 19.0. The number of anilines is 1. The fourth-order valence-corrected chi connectivity index (χ4v) is 3.57. The predicted molar refractivity (Wildman–Crippen MR) is 99.3 cm³/mol. The van der Waals surface area contributed by atoms with Crippen molar-refractivity contribution in [2.75, 3.05) is 38.1 Å². The summed E-state index contributed by atoms with van der Waals surface area (Å²) >= 11 is 6.26. The van der Waals surface area contributed by atoms with Crippen molar-refractivity contribution in [1.29, 1.82) is 5.26 Å². The number of amides is 4. The molecule has 0 saturated carbocycles. The number of imide groups is 1. The van der Waals surface area contributed by atoms with Crippen LogP contribution in [-0.4, -0.2) is 66.9 Å². The maximum atomic E-state index is 12.5. The van der Waals surface area contributed by atoms with E-state index in [0.717, 1.165) is 10.6 Å². The van der Waals surface area contributed by atoms with E-state index >= 15 is 0 Å². The molecule has 8 nitrogen and oxygen atoms in total. The molecular weight excluding hydrogens is 370 g/mol. The maximum Gasteiger partial charge on any atom is 0.318 e. The van der Waals surface area contributed by atoms with E-state index in [9.17, 15) is 14.4 Å². The van der Waals surface area contributed by atoms with Gasteiger partial charge in [0.15, 0.2) is 0 Å². The van der Waals surface area contributed by atoms with E-state index in [1.807, 2.05) is 6.07 Å². The largest absolute Gasteiger partial charge is 0.367 e. The number of carbonyl (C=O) groups is 3. The van der Waals surface area contributed by atoms with Gasteiger partial charge in [0.2, 0.25) is 5.91 Å². The molecule has 3 rings (SSSR count). The second kappa shape index (κ2) is 7.84. The van der Waals surface area contributed by atoms with Gasteiger partial charge >= 0.3 is 6.03 Å². The summed E-state index contributed by atoms with van der Waals surface area (Å²) in [5.41, 5.74) is 1.33. The highest BCUT2D eigenvalue weighted by Crippen LogP contribution is 2.27. The first-order valence-electron chi connectivity index (χ1n) is 8.71. The third kappa shape index (κ3) is 3.98. The molecule has 1 aromatic rings. The van der Waals surface area contributed by atoms with Crippen LogP contribution in [0.25, 0.3) is 0 Å². The molecule has 2 aliphatic rings. The summed E-state index contributed by atoms with van der Waals surface area (Å²) in [6.07, 6.45) is 0.576. The minimum atomic E-state index is -0.661. The average Bonchev–Trinajstić information content (AvgIpc) is 2.68. The van der Waals surface area contributed by atoms with Gasteiger partial charge in [0.1, 0.15) is 6.04 Å². The van der Waals surface area contributed by atoms with Crippen molar-refractivity contribution < 1.29 is 14.4 Å². The Balaban J connectivity index is 1.56. The monoisotopic (exact) mass is 389 g/mol. The summed E-state index contributed by atoms with van der Waals surface area (Å²) in [6.45, 7) is 2.15. The van der Waals surface area contributed by atoms with Crippen LogP contribution in [0.2, 0.25) is 5.02 Å². The Morgan fingerprint density at radius 3 is 2.59 bits per heavy atom. The molecule has 1 N–H and O–H groups in total. The predicted octanol–water partition coefficient (Wildman–Crippen LogP) is 1.19. The lowest BCUT2D eigenvalue weighted by atomic mass is 10.1. The van der Waals surface area contributed by atoms with Crippen LogP contribution < -0.4 is 10.2 Å². The molecular formula is C18H20ClN5O3. The van der Waals surface area contributed by atoms with E-state index in [-0.39, 0.29) is 24.3 Å². The van der Waals surface area contributed by atoms with Crippen LogP contribution in [0, 0.1) is 11.3 Å². The third-order valence-corrected chi connectivity index (χ3v) is 5.23. The number of piperazine rings is 1. The molecule has 27 heavy (non-hydrogen) atoms. The number of nitrogens with one attached hydrogen (secondary N) is 1. The zero-order valence-corrected chi connectivity index (χ0v) is 15.7. The van der Waals surface area contributed by atoms with E-state index in [2.05, 4.69) is 16.3 Å². The zero-order chi connectivity index (χ0) is 19.6. The zero-order valence-electron chi connectivity index (χ0n) is 14.9. The highest BCUT2D eigenvalue weighted by molar-refractivity contribution is 6.33. The van der Waals surface area contributed by atoms with Crippen LogP contribution in [-0.2, 0) is 9.59 Å². The standard InChI is InChI=1S/C18H20ClN5O3/c1-22-16(25)5-3-14(17(22)26)21-18(27)24-8-6-23(7-9-24)15-4-2-12(11-20)10-13(15)19/h2,4,10,14H,3,5-9H2,1H3,(H,21,27). The number of halogens is 1. The summed E-state index contributed by atoms with van der Waals surface area (Å²) in [6, 6.07) is 6.24. The Labute approximate surface area is 162 Å². The van der Waals surface area contributed by atoms with E-state index in [0.29, 0.717) is 43.2 Å². The van der Waals surface area contributed by atoms with Crippen LogP contribution in [0.4, 0.5) is 10.5 Å². The number of nitriles is 1. The Morgan fingerprint density at radius 2 is 1.96 bits per heavy atom. The van der Waals surface area contributed by atoms with Gasteiger partial charge in [0, 0.05) is 39.6 Å². The Hall–Kier alpha value is -2.79. The van der Waals surface area contributed by atoms with Crippen molar-refractivity contribution in [3.63, 3.8) is 0 Å². The minimum Gasteiger partial charge on any atom is -0.367 e. The second-order valence-electron chi connectivity index (χ2n) is 6.58. The highest BCUT2D eigenvalue weighted by Gasteiger charge is 2.34. The van der Waals surface area contributed by atoms with Crippen molar-refractivity contribution in [1.82, 2.24) is 15.1 Å². The van der Waals surface area contributed by atoms with Gasteiger partial charge in [-0.15, -0.1) is 0 Å². The lowest BCUT2D eigenvalue weighted by Gasteiger charge is -2.37. The SMILES string of the molecule is CN1C(=O)CCC(NC(=O)N2CCN(c3ccc(C#N)cc3Cl)CC2)C1=O. The molecule has 4 amide bonds. The van der Waals surface area contributed by atoms with E-state index in [4.69, 9.17) is 16.9 Å². The lowest BCUT2D eigenvalue weighted by molar-refractivity contribution is -0.147. The van der Waals surface area contributed by atoms with Gasteiger partial charge in [-0.2, -0.15) is 5.26 Å². The topological polar surface area (TPSA) is 96.8 Å². The molecule has 0 radical (unpaired) electrons. The Morgan fingerprint density at radius 1 is 1.26 bits per heavy atom. The van der Waals surface area contributed by atoms with Gasteiger partial charge < -0.3 is 15.1 Å². The van der Waals surface area contributed by atoms with Gasteiger partial charge in [-0.3, -0.25) is 14.5 Å². The van der Waals surface area contributed by atoms with Crippen molar-refractivity contribution in [2.24, 2.45) is 0 Å². The van der Waals surface area contributed by atoms with Gasteiger partial charge in [-0.25, -0.2) is 4.79 Å². The molecule has 0 spiro atoms. The smallest absolute Gasteiger partial charge is 0.318 e. The van der Waals surface area contributed by atoms with E-state index in [1.54, 1.807) is 17.0 Å². The van der Waals surface area contributed by atoms with Crippen LogP contribution >= 0.6 is 11.6 Å². The van der Waals surface area contributed by atoms with Crippen molar-refractivity contribution in [2.45, 2.75) is 18.9 Å². The molecule has 2 fully saturated rings. The number of carbonyl (C=O) groups excluding carboxylic acids is 3. The number of benzene rings is 1. The number of piperidine rings is 1. The van der Waals surface area contributed by atoms with Gasteiger partial charge in [-0.05, 0) is 24.6 Å². The number of rotatable bonds is 2. The van der Waals surface area contributed by atoms with Gasteiger partial charge in [0.25, 0.3) is 5.91 Å². The van der Waals surface area contributed by atoms with Crippen LogP contribution in [0.5, 0.6) is 0 Å². The van der Waals surface area contributed by atoms with Crippen LogP contribution in [0.15, 0.2) is 18.2 Å². The number of likely N-dealkylation sites (tertiary alicyclic amines) is 1. The molecule has 1 unspecified atom stereocenters. The quantitative estimate of drug-likeness (QED) is 0.766. The average molecular weight is 390 g/mol. The first-order valence-corrected chi connectivity index (χ1v) is 9.09. The molecule has 2 saturated heterocycles.